The largest absolute Gasteiger partial charge is 0.478 e. The molecule has 0 saturated heterocycles. The molecule has 0 aliphatic heterocycles. The number of aromatic carboxylic acids is 1. The van der Waals surface area contributed by atoms with Crippen LogP contribution in [-0.4, -0.2) is 11.1 Å². The van der Waals surface area contributed by atoms with E-state index in [1.807, 2.05) is 27.7 Å². The minimum atomic E-state index is -0.821. The first kappa shape index (κ1) is 10.8. The summed E-state index contributed by atoms with van der Waals surface area (Å²) in [6.07, 6.45) is 0.882. The molecular formula is C12H16O2. The number of carboxylic acid groups (broad SMARTS) is 1. The topological polar surface area (TPSA) is 37.3 Å². The van der Waals surface area contributed by atoms with Crippen LogP contribution >= 0.6 is 0 Å². The van der Waals surface area contributed by atoms with Crippen molar-refractivity contribution in [1.29, 1.82) is 0 Å². The summed E-state index contributed by atoms with van der Waals surface area (Å²) >= 11 is 0. The molecule has 1 aromatic carbocycles. The van der Waals surface area contributed by atoms with Crippen LogP contribution < -0.4 is 0 Å². The van der Waals surface area contributed by atoms with E-state index in [9.17, 15) is 4.79 Å². The third-order valence-corrected chi connectivity index (χ3v) is 2.81. The van der Waals surface area contributed by atoms with Crippen LogP contribution in [0.15, 0.2) is 6.07 Å². The summed E-state index contributed by atoms with van der Waals surface area (Å²) in [5, 5.41) is 9.09. The molecule has 2 heteroatoms. The Morgan fingerprint density at radius 1 is 1.29 bits per heavy atom. The van der Waals surface area contributed by atoms with Crippen LogP contribution in [0.1, 0.15) is 39.5 Å². The van der Waals surface area contributed by atoms with E-state index in [0.29, 0.717) is 5.56 Å². The van der Waals surface area contributed by atoms with Crippen molar-refractivity contribution in [3.63, 3.8) is 0 Å². The summed E-state index contributed by atoms with van der Waals surface area (Å²) in [6, 6.07) is 2.08. The Kier molecular flexibility index (Phi) is 2.94. The van der Waals surface area contributed by atoms with Crippen molar-refractivity contribution in [1.82, 2.24) is 0 Å². The molecule has 0 unspecified atom stereocenters. The molecule has 0 aliphatic carbocycles. The fraction of sp³-hybridized carbons (Fsp3) is 0.417. The first-order valence-corrected chi connectivity index (χ1v) is 4.82. The second-order valence-corrected chi connectivity index (χ2v) is 3.64. The second kappa shape index (κ2) is 3.82. The van der Waals surface area contributed by atoms with Gasteiger partial charge in [-0.1, -0.05) is 13.0 Å². The van der Waals surface area contributed by atoms with Crippen molar-refractivity contribution in [2.45, 2.75) is 34.1 Å². The molecule has 14 heavy (non-hydrogen) atoms. The Morgan fingerprint density at radius 2 is 1.86 bits per heavy atom. The van der Waals surface area contributed by atoms with Crippen LogP contribution in [0.3, 0.4) is 0 Å². The lowest BCUT2D eigenvalue weighted by Gasteiger charge is -2.12. The Labute approximate surface area is 84.6 Å². The highest BCUT2D eigenvalue weighted by Crippen LogP contribution is 2.22. The van der Waals surface area contributed by atoms with Gasteiger partial charge in [0.2, 0.25) is 0 Å². The molecule has 1 aromatic rings. The van der Waals surface area contributed by atoms with Crippen molar-refractivity contribution < 1.29 is 9.90 Å². The molecule has 1 N–H and O–H groups in total. The van der Waals surface area contributed by atoms with E-state index in [2.05, 4.69) is 6.07 Å². The molecule has 0 aromatic heterocycles. The third kappa shape index (κ3) is 1.65. The smallest absolute Gasteiger partial charge is 0.336 e. The maximum atomic E-state index is 11.1. The molecule has 0 fully saturated rings. The molecule has 76 valence electrons. The van der Waals surface area contributed by atoms with Gasteiger partial charge in [0.1, 0.15) is 0 Å². The van der Waals surface area contributed by atoms with Gasteiger partial charge in [0, 0.05) is 0 Å². The summed E-state index contributed by atoms with van der Waals surface area (Å²) in [5.74, 6) is -0.821. The minimum Gasteiger partial charge on any atom is -0.478 e. The lowest BCUT2D eigenvalue weighted by Crippen LogP contribution is -2.07. The van der Waals surface area contributed by atoms with Crippen molar-refractivity contribution >= 4 is 5.97 Å². The molecule has 0 heterocycles. The fourth-order valence-corrected chi connectivity index (χ4v) is 1.80. The Bertz CT molecular complexity index is 378. The third-order valence-electron chi connectivity index (χ3n) is 2.81. The van der Waals surface area contributed by atoms with E-state index >= 15 is 0 Å². The predicted octanol–water partition coefficient (Wildman–Crippen LogP) is 2.87. The van der Waals surface area contributed by atoms with Crippen LogP contribution in [0.4, 0.5) is 0 Å². The summed E-state index contributed by atoms with van der Waals surface area (Å²) in [5.41, 5.74) is 4.45. The summed E-state index contributed by atoms with van der Waals surface area (Å²) < 4.78 is 0. The standard InChI is InChI=1S/C12H16O2/c1-5-10-6-7(2)8(3)11(9(10)4)12(13)14/h6H,5H2,1-4H3,(H,13,14). The van der Waals surface area contributed by atoms with Gasteiger partial charge in [-0.3, -0.25) is 0 Å². The van der Waals surface area contributed by atoms with Gasteiger partial charge in [-0.05, 0) is 49.4 Å². The number of rotatable bonds is 2. The zero-order valence-electron chi connectivity index (χ0n) is 9.14. The molecule has 2 nitrogen and oxygen atoms in total. The lowest BCUT2D eigenvalue weighted by molar-refractivity contribution is 0.0695. The van der Waals surface area contributed by atoms with Gasteiger partial charge in [0.25, 0.3) is 0 Å². The van der Waals surface area contributed by atoms with Crippen LogP contribution in [0, 0.1) is 20.8 Å². The predicted molar refractivity (Wildman–Crippen MR) is 57.0 cm³/mol. The fourth-order valence-electron chi connectivity index (χ4n) is 1.80. The molecule has 0 bridgehead atoms. The highest BCUT2D eigenvalue weighted by molar-refractivity contribution is 5.91. The highest BCUT2D eigenvalue weighted by Gasteiger charge is 2.14. The van der Waals surface area contributed by atoms with Crippen LogP contribution in [0.25, 0.3) is 0 Å². The monoisotopic (exact) mass is 192 g/mol. The molecule has 0 amide bonds. The van der Waals surface area contributed by atoms with Gasteiger partial charge in [0.05, 0.1) is 5.56 Å². The molecule has 0 atom stereocenters. The van der Waals surface area contributed by atoms with Crippen molar-refractivity contribution in [2.24, 2.45) is 0 Å². The summed E-state index contributed by atoms with van der Waals surface area (Å²) in [4.78, 5) is 11.1. The van der Waals surface area contributed by atoms with E-state index in [-0.39, 0.29) is 0 Å². The second-order valence-electron chi connectivity index (χ2n) is 3.64. The van der Waals surface area contributed by atoms with Crippen LogP contribution in [0.5, 0.6) is 0 Å². The molecular weight excluding hydrogens is 176 g/mol. The van der Waals surface area contributed by atoms with Gasteiger partial charge in [-0.15, -0.1) is 0 Å². The Morgan fingerprint density at radius 3 is 2.29 bits per heavy atom. The van der Waals surface area contributed by atoms with E-state index < -0.39 is 5.97 Å². The number of hydrogen-bond acceptors (Lipinski definition) is 1. The minimum absolute atomic E-state index is 0.474. The SMILES string of the molecule is CCc1cc(C)c(C)c(C(=O)O)c1C. The Balaban J connectivity index is 3.53. The first-order chi connectivity index (χ1) is 6.49. The Hall–Kier alpha value is -1.31. The number of aryl methyl sites for hydroxylation is 2. The van der Waals surface area contributed by atoms with E-state index in [1.54, 1.807) is 0 Å². The van der Waals surface area contributed by atoms with Crippen molar-refractivity contribution in [3.8, 4) is 0 Å². The maximum absolute atomic E-state index is 11.1. The zero-order chi connectivity index (χ0) is 10.9. The molecule has 0 aliphatic rings. The van der Waals surface area contributed by atoms with E-state index in [0.717, 1.165) is 28.7 Å². The van der Waals surface area contributed by atoms with E-state index in [4.69, 9.17) is 5.11 Å². The normalized spacial score (nSPS) is 10.3. The number of carboxylic acids is 1. The van der Waals surface area contributed by atoms with Crippen molar-refractivity contribution in [2.75, 3.05) is 0 Å². The molecule has 0 spiro atoms. The number of carbonyl (C=O) groups is 1. The van der Waals surface area contributed by atoms with Gasteiger partial charge in [-0.25, -0.2) is 4.79 Å². The lowest BCUT2D eigenvalue weighted by atomic mass is 9.92. The molecule has 0 saturated carbocycles. The summed E-state index contributed by atoms with van der Waals surface area (Å²) in [6.45, 7) is 7.75. The average molecular weight is 192 g/mol. The van der Waals surface area contributed by atoms with Gasteiger partial charge >= 0.3 is 5.97 Å². The van der Waals surface area contributed by atoms with Crippen LogP contribution in [0.2, 0.25) is 0 Å². The number of hydrogen-bond donors (Lipinski definition) is 1. The summed E-state index contributed by atoms with van der Waals surface area (Å²) in [7, 11) is 0. The first-order valence-electron chi connectivity index (χ1n) is 4.82. The number of benzene rings is 1. The van der Waals surface area contributed by atoms with Gasteiger partial charge < -0.3 is 5.11 Å². The molecule has 0 radical (unpaired) electrons. The van der Waals surface area contributed by atoms with Gasteiger partial charge in [0.15, 0.2) is 0 Å². The van der Waals surface area contributed by atoms with Crippen LogP contribution in [-0.2, 0) is 6.42 Å². The zero-order valence-corrected chi connectivity index (χ0v) is 9.14. The highest BCUT2D eigenvalue weighted by atomic mass is 16.4. The molecule has 1 rings (SSSR count). The van der Waals surface area contributed by atoms with Crippen molar-refractivity contribution in [3.05, 3.63) is 33.9 Å². The average Bonchev–Trinajstić information content (AvgIpc) is 2.11. The quantitative estimate of drug-likeness (QED) is 0.782. The maximum Gasteiger partial charge on any atom is 0.336 e. The van der Waals surface area contributed by atoms with E-state index in [1.165, 1.54) is 0 Å². The van der Waals surface area contributed by atoms with Gasteiger partial charge in [-0.2, -0.15) is 0 Å².